The molecule has 7 aromatic rings. The lowest BCUT2D eigenvalue weighted by Gasteiger charge is -2.31. The minimum absolute atomic E-state index is 0.0201. The van der Waals surface area contributed by atoms with Gasteiger partial charge in [-0.05, 0) is 177 Å². The first kappa shape index (κ1) is 85.7. The number of piperidine rings is 1. The Balaban J connectivity index is 0.000000189. The van der Waals surface area contributed by atoms with Gasteiger partial charge in [0.2, 0.25) is 23.6 Å². The zero-order chi connectivity index (χ0) is 77.9. The van der Waals surface area contributed by atoms with Gasteiger partial charge < -0.3 is 63.4 Å². The number of carbonyl (C=O) groups is 6. The molecule has 0 spiro atoms. The third kappa shape index (κ3) is 26.4. The highest BCUT2D eigenvalue weighted by molar-refractivity contribution is 6.42. The zero-order valence-electron chi connectivity index (χ0n) is 61.8. The number of halogens is 7. The lowest BCUT2D eigenvalue weighted by Crippen LogP contribution is -2.51. The van der Waals surface area contributed by atoms with Gasteiger partial charge in [-0.25, -0.2) is 0 Å². The van der Waals surface area contributed by atoms with Crippen LogP contribution in [0.15, 0.2) is 157 Å². The predicted octanol–water partition coefficient (Wildman–Crippen LogP) is 12.7. The summed E-state index contributed by atoms with van der Waals surface area (Å²) in [4.78, 5) is 91.0. The van der Waals surface area contributed by atoms with E-state index in [0.717, 1.165) is 73.8 Å². The molecule has 4 saturated heterocycles. The molecule has 8 atom stereocenters. The van der Waals surface area contributed by atoms with Gasteiger partial charge in [0, 0.05) is 132 Å². The number of fused-ring (bicyclic) bond motifs is 1. The number of benzene rings is 7. The molecule has 4 aliphatic rings. The van der Waals surface area contributed by atoms with Crippen LogP contribution < -0.4 is 49.1 Å². The van der Waals surface area contributed by atoms with Crippen molar-refractivity contribution in [3.05, 3.63) is 220 Å². The van der Waals surface area contributed by atoms with Gasteiger partial charge in [0.25, 0.3) is 11.8 Å². The van der Waals surface area contributed by atoms with E-state index in [9.17, 15) is 28.8 Å². The Morgan fingerprint density at radius 1 is 0.495 bits per heavy atom. The molecular weight excluding hydrogens is 1530 g/mol. The number of hydrogen-bond donors (Lipinski definition) is 9. The molecule has 0 bridgehead atoms. The molecule has 20 nitrogen and oxygen atoms in total. The second kappa shape index (κ2) is 43.5. The number of nitrogens with one attached hydrogen (secondary N) is 6. The minimum atomic E-state index is -0.583. The summed E-state index contributed by atoms with van der Waals surface area (Å²) in [5, 5.41) is 24.7. The van der Waals surface area contributed by atoms with E-state index >= 15 is 0 Å². The van der Waals surface area contributed by atoms with E-state index in [4.69, 9.17) is 98.4 Å². The van der Waals surface area contributed by atoms with Crippen LogP contribution in [0.4, 0.5) is 0 Å². The largest absolute Gasteiger partial charge is 0.370 e. The van der Waals surface area contributed by atoms with Crippen LogP contribution in [0.5, 0.6) is 0 Å². The normalized spacial score (nSPS) is 19.7. The zero-order valence-corrected chi connectivity index (χ0v) is 67.1. The van der Waals surface area contributed by atoms with E-state index in [1.54, 1.807) is 59.5 Å². The Labute approximate surface area is 675 Å². The molecule has 7 aromatic carbocycles. The topological polar surface area (TPSA) is 278 Å². The van der Waals surface area contributed by atoms with Crippen molar-refractivity contribution in [2.45, 2.75) is 139 Å². The van der Waals surface area contributed by atoms with Gasteiger partial charge in [-0.3, -0.25) is 39.1 Å². The first-order valence-electron chi connectivity index (χ1n) is 37.6. The molecule has 0 radical (unpaired) electrons. The van der Waals surface area contributed by atoms with Gasteiger partial charge in [0.05, 0.1) is 35.1 Å². The third-order valence-corrected chi connectivity index (χ3v) is 22.6. The van der Waals surface area contributed by atoms with Crippen LogP contribution in [-0.4, -0.2) is 182 Å². The fourth-order valence-electron chi connectivity index (χ4n) is 14.2. The van der Waals surface area contributed by atoms with Crippen LogP contribution in [-0.2, 0) is 32.1 Å². The van der Waals surface area contributed by atoms with Crippen LogP contribution in [0.25, 0.3) is 10.8 Å². The summed E-state index contributed by atoms with van der Waals surface area (Å²) in [5.74, 6) is 0.0469. The smallest absolute Gasteiger partial charge is 0.251 e. The summed E-state index contributed by atoms with van der Waals surface area (Å²) in [7, 11) is 0. The van der Waals surface area contributed by atoms with E-state index in [1.807, 2.05) is 59.5 Å². The number of aliphatic imine (C=N–C) groups is 1. The lowest BCUT2D eigenvalue weighted by atomic mass is 9.95. The van der Waals surface area contributed by atoms with Crippen molar-refractivity contribution in [2.75, 3.05) is 85.1 Å². The highest BCUT2D eigenvalue weighted by Gasteiger charge is 2.36. The van der Waals surface area contributed by atoms with E-state index in [1.165, 1.54) is 36.5 Å². The van der Waals surface area contributed by atoms with Crippen LogP contribution in [0.1, 0.15) is 133 Å². The third-order valence-electron chi connectivity index (χ3n) is 20.4. The van der Waals surface area contributed by atoms with E-state index in [-0.39, 0.29) is 84.5 Å². The fourth-order valence-corrected chi connectivity index (χ4v) is 15.6. The van der Waals surface area contributed by atoms with Gasteiger partial charge in [-0.1, -0.05) is 186 Å². The fraction of sp³-hybridized carbons (Fsp3) is 0.427. The maximum atomic E-state index is 13.8. The highest BCUT2D eigenvalue weighted by atomic mass is 35.5. The number of guanidine groups is 1. The van der Waals surface area contributed by atoms with Crippen LogP contribution in [0, 0.1) is 0 Å². The maximum absolute atomic E-state index is 13.8. The van der Waals surface area contributed by atoms with Crippen molar-refractivity contribution in [1.82, 2.24) is 51.5 Å². The number of rotatable bonds is 27. The van der Waals surface area contributed by atoms with Crippen molar-refractivity contribution in [1.29, 1.82) is 0 Å². The van der Waals surface area contributed by atoms with E-state index in [2.05, 4.69) is 96.9 Å². The predicted molar refractivity (Wildman–Crippen MR) is 442 cm³/mol. The number of nitrogens with zero attached hydrogens (tertiary/aromatic N) is 5. The number of nitrogens with two attached hydrogens (primary N) is 3. The molecule has 0 aromatic heterocycles. The van der Waals surface area contributed by atoms with E-state index in [0.29, 0.717) is 130 Å². The van der Waals surface area contributed by atoms with Gasteiger partial charge >= 0.3 is 0 Å². The second-order valence-electron chi connectivity index (χ2n) is 28.2. The van der Waals surface area contributed by atoms with Crippen LogP contribution >= 0.6 is 81.2 Å². The summed E-state index contributed by atoms with van der Waals surface area (Å²) in [6, 6.07) is 45.5. The molecule has 6 amide bonds. The quantitative estimate of drug-likeness (QED) is 0.0171. The summed E-state index contributed by atoms with van der Waals surface area (Å²) in [6.45, 7) is 12.6. The van der Waals surface area contributed by atoms with Gasteiger partial charge in [0.15, 0.2) is 5.96 Å². The molecule has 4 fully saturated rings. The Bertz CT molecular complexity index is 4200. The molecular formula is C82H101Cl7N14O6. The average Bonchev–Trinajstić information content (AvgIpc) is 1.13. The second-order valence-corrected chi connectivity index (χ2v) is 31.2. The van der Waals surface area contributed by atoms with Crippen LogP contribution in [0.2, 0.25) is 35.2 Å². The standard InChI is InChI=1S/C31H42Cl2N4O2.C29H35ClN6O2.C22H24Cl4N4O2/c1-2-23(24-9-5-3-6-10-24)22-37-18-13-27(21-34-30(38)19-25-11-12-26(32)20-28(25)33)35-29(31(37)39)14-17-36-15-7-4-8-16-36;1-2-19(20-6-4-3-5-7-20)18-36-13-12-25(35-26(28(36)38)17-34-29(31)32)16-33-27(37)23-9-8-22-15-24(30)11-10-21(22)14-23;23-15-3-1-14(18(25)10-15)12-30-8-6-16(29-20(5-7-27)22(30)32)11-28-21(31)13-2-4-17(24)19(26)9-13/h3,5-6,9-12,20,23,27,29,35H,2,4,7-8,13-19,21-22H2,1H3,(H,34,38);3-11,14-15,19,25-26,35H,2,12-13,16-18H2,1H3,(H,33,37)(H4,31,32,34);1-4,9-10,16,20,29H,5-8,11-12,27H2,(H,28,31)/t23-,27+,29+;19-,25+,26+;16-,20-/m110/s1. The van der Waals surface area contributed by atoms with Crippen molar-refractivity contribution >= 4 is 133 Å². The molecule has 12 N–H and O–H groups in total. The van der Waals surface area contributed by atoms with Crippen molar-refractivity contribution in [2.24, 2.45) is 22.2 Å². The number of hydrogen-bond acceptors (Lipinski definition) is 12. The average molecular weight is 1630 g/mol. The number of amides is 6. The highest BCUT2D eigenvalue weighted by Crippen LogP contribution is 2.29. The number of carbonyl (C=O) groups excluding carboxylic acids is 6. The minimum Gasteiger partial charge on any atom is -0.370 e. The molecule has 4 aliphatic heterocycles. The van der Waals surface area contributed by atoms with Crippen LogP contribution in [0.3, 0.4) is 0 Å². The summed E-state index contributed by atoms with van der Waals surface area (Å²) in [5.41, 5.74) is 21.9. The first-order chi connectivity index (χ1) is 52.5. The Hall–Kier alpha value is -7.28. The monoisotopic (exact) mass is 1620 g/mol. The molecule has 4 heterocycles. The molecule has 11 rings (SSSR count). The first-order valence-corrected chi connectivity index (χ1v) is 40.3. The Kier molecular flexibility index (Phi) is 34.2. The number of likely N-dealkylation sites (tertiary alicyclic amines) is 1. The van der Waals surface area contributed by atoms with Crippen molar-refractivity contribution < 1.29 is 28.8 Å². The maximum Gasteiger partial charge on any atom is 0.251 e. The molecule has 0 aliphatic carbocycles. The van der Waals surface area contributed by atoms with Gasteiger partial charge in [-0.15, -0.1) is 0 Å². The molecule has 109 heavy (non-hydrogen) atoms. The van der Waals surface area contributed by atoms with Gasteiger partial charge in [-0.2, -0.15) is 0 Å². The van der Waals surface area contributed by atoms with E-state index < -0.39 is 12.1 Å². The van der Waals surface area contributed by atoms with Gasteiger partial charge in [0.1, 0.15) is 6.04 Å². The SMILES string of the molecule is CC[C@H](CN1CC[C@@H](CNC(=O)Cc2ccc(Cl)cc2Cl)N[C@@H](CCN2CCCCC2)C1=O)c1ccccc1.CC[C@H](CN1CC[C@@H](CNC(=O)c2ccc3cc(Cl)ccc3c2)N[C@@H](CN=C(N)N)C1=O)c1ccccc1.NCC[C@@H]1N[C@H](CNC(=O)c2ccc(Cl)c(Cl)c2)CCN(Cc2ccc(Cl)cc2Cl)C1=O. The lowest BCUT2D eigenvalue weighted by molar-refractivity contribution is -0.134. The Morgan fingerprint density at radius 2 is 0.963 bits per heavy atom. The van der Waals surface area contributed by atoms with Crippen molar-refractivity contribution in [3.63, 3.8) is 0 Å². The molecule has 0 unspecified atom stereocenters. The summed E-state index contributed by atoms with van der Waals surface area (Å²) < 4.78 is 0. The molecule has 27 heteroatoms. The summed E-state index contributed by atoms with van der Waals surface area (Å²) >= 11 is 42.5. The molecule has 0 saturated carbocycles. The molecule has 584 valence electrons. The summed E-state index contributed by atoms with van der Waals surface area (Å²) in [6.07, 6.45) is 9.25. The Morgan fingerprint density at radius 3 is 1.50 bits per heavy atom. The van der Waals surface area contributed by atoms with Crippen molar-refractivity contribution in [3.8, 4) is 0 Å².